The summed E-state index contributed by atoms with van der Waals surface area (Å²) in [6.45, 7) is 0. The lowest BCUT2D eigenvalue weighted by molar-refractivity contribution is -0.132. The van der Waals surface area contributed by atoms with Crippen LogP contribution < -0.4 is 5.73 Å². The van der Waals surface area contributed by atoms with Crippen molar-refractivity contribution in [3.8, 4) is 5.75 Å². The largest absolute Gasteiger partial charge is 0.507 e. The lowest BCUT2D eigenvalue weighted by Gasteiger charge is -2.16. The van der Waals surface area contributed by atoms with E-state index in [9.17, 15) is 19.4 Å². The molecule has 0 aliphatic carbocycles. The monoisotopic (exact) mass is 215 g/mol. The van der Waals surface area contributed by atoms with E-state index in [0.717, 1.165) is 18.2 Å². The number of carbonyl (C=O) groups is 1. The number of primary amides is 1. The van der Waals surface area contributed by atoms with Crippen LogP contribution in [-0.2, 0) is 4.79 Å². The normalized spacial score (nSPS) is 14.6. The van der Waals surface area contributed by atoms with Crippen LogP contribution in [0.3, 0.4) is 0 Å². The zero-order valence-corrected chi connectivity index (χ0v) is 7.59. The lowest BCUT2D eigenvalue weighted by atomic mass is 10.0. The molecule has 0 heterocycles. The third-order valence-corrected chi connectivity index (χ3v) is 1.90. The molecule has 2 atom stereocenters. The Morgan fingerprint density at radius 2 is 2.00 bits per heavy atom. The summed E-state index contributed by atoms with van der Waals surface area (Å²) >= 11 is 0. The van der Waals surface area contributed by atoms with Gasteiger partial charge in [-0.15, -0.1) is 0 Å². The number of nitrogens with two attached hydrogens (primary N) is 1. The van der Waals surface area contributed by atoms with E-state index >= 15 is 0 Å². The van der Waals surface area contributed by atoms with E-state index in [0.29, 0.717) is 0 Å². The van der Waals surface area contributed by atoms with Crippen molar-refractivity contribution < 1.29 is 24.5 Å². The molecular formula is C9H10FNO4. The summed E-state index contributed by atoms with van der Waals surface area (Å²) in [6.07, 6.45) is -3.52. The van der Waals surface area contributed by atoms with Crippen LogP contribution in [0.15, 0.2) is 18.2 Å². The summed E-state index contributed by atoms with van der Waals surface area (Å²) in [4.78, 5) is 10.5. The fourth-order valence-electron chi connectivity index (χ4n) is 1.09. The highest BCUT2D eigenvalue weighted by Gasteiger charge is 2.25. The molecule has 0 fully saturated rings. The topological polar surface area (TPSA) is 104 Å². The molecule has 1 rings (SSSR count). The Balaban J connectivity index is 3.01. The first-order valence-corrected chi connectivity index (χ1v) is 4.07. The summed E-state index contributed by atoms with van der Waals surface area (Å²) < 4.78 is 12.6. The van der Waals surface area contributed by atoms with E-state index in [2.05, 4.69) is 0 Å². The summed E-state index contributed by atoms with van der Waals surface area (Å²) in [6, 6.07) is 2.79. The third-order valence-electron chi connectivity index (χ3n) is 1.90. The Hall–Kier alpha value is -1.66. The maximum atomic E-state index is 12.6. The predicted molar refractivity (Wildman–Crippen MR) is 48.2 cm³/mol. The number of hydrogen-bond acceptors (Lipinski definition) is 4. The van der Waals surface area contributed by atoms with E-state index in [4.69, 9.17) is 10.8 Å². The van der Waals surface area contributed by atoms with Crippen LogP contribution in [0.4, 0.5) is 4.39 Å². The summed E-state index contributed by atoms with van der Waals surface area (Å²) in [5.74, 6) is -2.38. The summed E-state index contributed by atoms with van der Waals surface area (Å²) in [7, 11) is 0. The van der Waals surface area contributed by atoms with Gasteiger partial charge in [0, 0.05) is 11.6 Å². The fraction of sp³-hybridized carbons (Fsp3) is 0.222. The molecule has 0 saturated carbocycles. The Morgan fingerprint density at radius 3 is 2.47 bits per heavy atom. The van der Waals surface area contributed by atoms with Crippen LogP contribution in [0.1, 0.15) is 11.7 Å². The minimum absolute atomic E-state index is 0.164. The van der Waals surface area contributed by atoms with Gasteiger partial charge in [-0.05, 0) is 12.1 Å². The molecule has 0 aromatic heterocycles. The van der Waals surface area contributed by atoms with Crippen molar-refractivity contribution in [1.29, 1.82) is 0 Å². The molecule has 82 valence electrons. The molecule has 1 aromatic rings. The highest BCUT2D eigenvalue weighted by atomic mass is 19.1. The molecule has 15 heavy (non-hydrogen) atoms. The number of aliphatic hydroxyl groups is 2. The average molecular weight is 215 g/mol. The van der Waals surface area contributed by atoms with Crippen molar-refractivity contribution in [1.82, 2.24) is 0 Å². The number of phenols is 1. The molecule has 0 saturated heterocycles. The zero-order chi connectivity index (χ0) is 11.6. The summed E-state index contributed by atoms with van der Waals surface area (Å²) in [5.41, 5.74) is 4.59. The molecule has 0 aliphatic rings. The van der Waals surface area contributed by atoms with Crippen LogP contribution in [0.2, 0.25) is 0 Å². The molecule has 0 aliphatic heterocycles. The van der Waals surface area contributed by atoms with Gasteiger partial charge in [0.1, 0.15) is 17.7 Å². The fourth-order valence-corrected chi connectivity index (χ4v) is 1.09. The molecule has 1 amide bonds. The van der Waals surface area contributed by atoms with Gasteiger partial charge in [0.05, 0.1) is 0 Å². The molecule has 5 N–H and O–H groups in total. The van der Waals surface area contributed by atoms with E-state index < -0.39 is 29.7 Å². The second-order valence-electron chi connectivity index (χ2n) is 3.00. The number of phenolic OH excluding ortho intramolecular Hbond substituents is 1. The molecule has 0 bridgehead atoms. The van der Waals surface area contributed by atoms with Gasteiger partial charge in [-0.3, -0.25) is 4.79 Å². The van der Waals surface area contributed by atoms with Gasteiger partial charge in [-0.2, -0.15) is 0 Å². The van der Waals surface area contributed by atoms with Crippen molar-refractivity contribution in [2.75, 3.05) is 0 Å². The Bertz CT molecular complexity index is 382. The van der Waals surface area contributed by atoms with Crippen LogP contribution >= 0.6 is 0 Å². The van der Waals surface area contributed by atoms with Crippen molar-refractivity contribution in [2.24, 2.45) is 5.73 Å². The van der Waals surface area contributed by atoms with Gasteiger partial charge in [-0.25, -0.2) is 4.39 Å². The van der Waals surface area contributed by atoms with Crippen LogP contribution in [0.5, 0.6) is 5.75 Å². The maximum absolute atomic E-state index is 12.6. The standard InChI is InChI=1S/C9H10FNO4/c10-4-1-2-5(6(12)3-4)7(13)8(14)9(11)15/h1-3,7-8,12-14H,(H2,11,15). The van der Waals surface area contributed by atoms with Gasteiger partial charge in [-0.1, -0.05) is 0 Å². The maximum Gasteiger partial charge on any atom is 0.249 e. The Kier molecular flexibility index (Phi) is 3.23. The molecule has 5 nitrogen and oxygen atoms in total. The lowest BCUT2D eigenvalue weighted by Crippen LogP contribution is -2.33. The van der Waals surface area contributed by atoms with E-state index in [1.54, 1.807) is 0 Å². The first-order valence-electron chi connectivity index (χ1n) is 4.07. The molecule has 0 radical (unpaired) electrons. The number of carbonyl (C=O) groups excluding carboxylic acids is 1. The van der Waals surface area contributed by atoms with Crippen molar-refractivity contribution in [3.63, 3.8) is 0 Å². The van der Waals surface area contributed by atoms with Crippen molar-refractivity contribution in [2.45, 2.75) is 12.2 Å². The van der Waals surface area contributed by atoms with Gasteiger partial charge >= 0.3 is 0 Å². The van der Waals surface area contributed by atoms with Crippen LogP contribution in [0.25, 0.3) is 0 Å². The van der Waals surface area contributed by atoms with Gasteiger partial charge in [0.2, 0.25) is 5.91 Å². The van der Waals surface area contributed by atoms with Crippen LogP contribution in [-0.4, -0.2) is 27.3 Å². The van der Waals surface area contributed by atoms with Gasteiger partial charge < -0.3 is 21.1 Å². The first kappa shape index (κ1) is 11.4. The SMILES string of the molecule is NC(=O)C(O)C(O)c1ccc(F)cc1O. The zero-order valence-electron chi connectivity index (χ0n) is 7.59. The number of benzene rings is 1. The van der Waals surface area contributed by atoms with Crippen LogP contribution in [0, 0.1) is 5.82 Å². The molecule has 2 unspecified atom stereocenters. The molecular weight excluding hydrogens is 205 g/mol. The minimum Gasteiger partial charge on any atom is -0.507 e. The average Bonchev–Trinajstić information content (AvgIpc) is 2.15. The third kappa shape index (κ3) is 2.42. The van der Waals surface area contributed by atoms with Gasteiger partial charge in [0.25, 0.3) is 0 Å². The highest BCUT2D eigenvalue weighted by molar-refractivity contribution is 5.79. The predicted octanol–water partition coefficient (Wildman–Crippen LogP) is -0.589. The van der Waals surface area contributed by atoms with E-state index in [1.165, 1.54) is 0 Å². The molecule has 1 aromatic carbocycles. The smallest absolute Gasteiger partial charge is 0.249 e. The van der Waals surface area contributed by atoms with Gasteiger partial charge in [0.15, 0.2) is 6.10 Å². The summed E-state index contributed by atoms with van der Waals surface area (Å²) in [5, 5.41) is 27.7. The number of aromatic hydroxyl groups is 1. The second kappa shape index (κ2) is 4.24. The number of amides is 1. The first-order chi connectivity index (χ1) is 6.93. The highest BCUT2D eigenvalue weighted by Crippen LogP contribution is 2.26. The minimum atomic E-state index is -1.85. The number of rotatable bonds is 3. The molecule has 0 spiro atoms. The molecule has 6 heteroatoms. The number of halogens is 1. The Labute approximate surface area is 84.6 Å². The second-order valence-corrected chi connectivity index (χ2v) is 3.00. The van der Waals surface area contributed by atoms with Crippen molar-refractivity contribution in [3.05, 3.63) is 29.6 Å². The Morgan fingerprint density at radius 1 is 1.40 bits per heavy atom. The number of aliphatic hydroxyl groups excluding tert-OH is 2. The van der Waals surface area contributed by atoms with E-state index in [-0.39, 0.29) is 5.56 Å². The van der Waals surface area contributed by atoms with Crippen molar-refractivity contribution >= 4 is 5.91 Å². The quantitative estimate of drug-likeness (QED) is 0.541. The van der Waals surface area contributed by atoms with E-state index in [1.807, 2.05) is 0 Å². The number of hydrogen-bond donors (Lipinski definition) is 4.